The van der Waals surface area contributed by atoms with Gasteiger partial charge < -0.3 is 4.74 Å². The molecule has 3 nitrogen and oxygen atoms in total. The average Bonchev–Trinajstić information content (AvgIpc) is 2.86. The molecule has 0 unspecified atom stereocenters. The Labute approximate surface area is 131 Å². The Hall–Kier alpha value is -1.20. The molecule has 5 heteroatoms. The summed E-state index contributed by atoms with van der Waals surface area (Å²) in [4.78, 5) is 16.1. The second-order valence-electron chi connectivity index (χ2n) is 4.82. The van der Waals surface area contributed by atoms with Crippen molar-refractivity contribution in [3.8, 4) is 5.75 Å². The smallest absolute Gasteiger partial charge is 0.163 e. The van der Waals surface area contributed by atoms with Crippen molar-refractivity contribution in [1.29, 1.82) is 0 Å². The summed E-state index contributed by atoms with van der Waals surface area (Å²) in [6, 6.07) is 5.44. The number of thiazole rings is 1. The van der Waals surface area contributed by atoms with Gasteiger partial charge in [-0.2, -0.15) is 0 Å². The van der Waals surface area contributed by atoms with Crippen molar-refractivity contribution in [3.05, 3.63) is 44.3 Å². The van der Waals surface area contributed by atoms with Crippen molar-refractivity contribution in [2.45, 2.75) is 33.3 Å². The van der Waals surface area contributed by atoms with Crippen molar-refractivity contribution in [3.63, 3.8) is 0 Å². The van der Waals surface area contributed by atoms with Crippen LogP contribution >= 0.6 is 27.3 Å². The molecule has 0 atom stereocenters. The molecule has 1 aromatic heterocycles. The third kappa shape index (κ3) is 3.67. The molecule has 0 bridgehead atoms. The van der Waals surface area contributed by atoms with Crippen LogP contribution in [0.25, 0.3) is 0 Å². The zero-order chi connectivity index (χ0) is 14.7. The second-order valence-corrected chi connectivity index (χ2v) is 6.62. The van der Waals surface area contributed by atoms with Gasteiger partial charge in [-0.1, -0.05) is 29.8 Å². The molecule has 0 fully saturated rings. The van der Waals surface area contributed by atoms with E-state index in [1.165, 1.54) is 6.92 Å². The van der Waals surface area contributed by atoms with E-state index in [4.69, 9.17) is 4.74 Å². The molecular formula is C15H16BrNO2S. The van der Waals surface area contributed by atoms with Gasteiger partial charge in [0.1, 0.15) is 12.4 Å². The summed E-state index contributed by atoms with van der Waals surface area (Å²) < 4.78 is 6.60. The lowest BCUT2D eigenvalue weighted by molar-refractivity contribution is 0.101. The number of benzene rings is 1. The van der Waals surface area contributed by atoms with E-state index in [0.717, 1.165) is 15.2 Å². The molecule has 0 aliphatic heterocycles. The molecule has 2 rings (SSSR count). The highest BCUT2D eigenvalue weighted by Gasteiger charge is 2.11. The number of ether oxygens (including phenoxy) is 1. The molecule has 1 aromatic carbocycles. The van der Waals surface area contributed by atoms with Crippen molar-refractivity contribution in [1.82, 2.24) is 4.98 Å². The van der Waals surface area contributed by atoms with E-state index in [9.17, 15) is 4.79 Å². The van der Waals surface area contributed by atoms with Gasteiger partial charge >= 0.3 is 0 Å². The molecule has 0 aliphatic rings. The van der Waals surface area contributed by atoms with Crippen LogP contribution in [0.1, 0.15) is 47.7 Å². The van der Waals surface area contributed by atoms with Crippen LogP contribution < -0.4 is 4.74 Å². The molecule has 0 saturated carbocycles. The zero-order valence-corrected chi connectivity index (χ0v) is 14.0. The number of carbonyl (C=O) groups excluding carboxylic acids is 1. The molecule has 0 N–H and O–H groups in total. The lowest BCUT2D eigenvalue weighted by Gasteiger charge is -2.09. The van der Waals surface area contributed by atoms with E-state index in [0.29, 0.717) is 23.8 Å². The third-order valence-corrected chi connectivity index (χ3v) is 4.45. The minimum Gasteiger partial charge on any atom is -0.487 e. The van der Waals surface area contributed by atoms with Crippen LogP contribution in [0.4, 0.5) is 0 Å². The van der Waals surface area contributed by atoms with Crippen molar-refractivity contribution < 1.29 is 9.53 Å². The first kappa shape index (κ1) is 15.2. The van der Waals surface area contributed by atoms with Gasteiger partial charge in [-0.25, -0.2) is 4.98 Å². The van der Waals surface area contributed by atoms with Crippen LogP contribution in [0.5, 0.6) is 5.75 Å². The van der Waals surface area contributed by atoms with E-state index in [1.807, 2.05) is 11.4 Å². The van der Waals surface area contributed by atoms with Gasteiger partial charge in [0.2, 0.25) is 0 Å². The van der Waals surface area contributed by atoms with Gasteiger partial charge in [-0.05, 0) is 25.1 Å². The Morgan fingerprint density at radius 2 is 2.20 bits per heavy atom. The van der Waals surface area contributed by atoms with Crippen LogP contribution in [-0.4, -0.2) is 10.8 Å². The monoisotopic (exact) mass is 353 g/mol. The quantitative estimate of drug-likeness (QED) is 0.724. The SMILES string of the molecule is CC(=O)c1cc(Br)ccc1OCc1csc(C(C)C)n1. The molecule has 0 aliphatic carbocycles. The molecule has 0 radical (unpaired) electrons. The lowest BCUT2D eigenvalue weighted by atomic mass is 10.1. The fourth-order valence-corrected chi connectivity index (χ4v) is 2.89. The minimum atomic E-state index is -0.0116. The molecule has 0 amide bonds. The van der Waals surface area contributed by atoms with Crippen LogP contribution in [0.3, 0.4) is 0 Å². The highest BCUT2D eigenvalue weighted by Crippen LogP contribution is 2.25. The lowest BCUT2D eigenvalue weighted by Crippen LogP contribution is -2.02. The standard InChI is InChI=1S/C15H16BrNO2S/c1-9(2)15-17-12(8-20-15)7-19-14-5-4-11(16)6-13(14)10(3)18/h4-6,8-9H,7H2,1-3H3. The zero-order valence-electron chi connectivity index (χ0n) is 11.6. The summed E-state index contributed by atoms with van der Waals surface area (Å²) in [7, 11) is 0. The summed E-state index contributed by atoms with van der Waals surface area (Å²) in [6.07, 6.45) is 0. The Bertz CT molecular complexity index is 622. The molecule has 1 heterocycles. The van der Waals surface area contributed by atoms with Crippen molar-refractivity contribution in [2.75, 3.05) is 0 Å². The minimum absolute atomic E-state index is 0.0116. The first-order chi connectivity index (χ1) is 9.47. The molecule has 0 spiro atoms. The van der Waals surface area contributed by atoms with E-state index >= 15 is 0 Å². The topological polar surface area (TPSA) is 39.2 Å². The summed E-state index contributed by atoms with van der Waals surface area (Å²) in [5.74, 6) is 1.01. The van der Waals surface area contributed by atoms with Gasteiger partial charge in [-0.15, -0.1) is 11.3 Å². The number of halogens is 1. The van der Waals surface area contributed by atoms with E-state index < -0.39 is 0 Å². The molecule has 106 valence electrons. The number of rotatable bonds is 5. The number of aromatic nitrogens is 1. The van der Waals surface area contributed by atoms with Crippen LogP contribution in [0.15, 0.2) is 28.1 Å². The van der Waals surface area contributed by atoms with Crippen LogP contribution in [0, 0.1) is 0 Å². The maximum Gasteiger partial charge on any atom is 0.163 e. The Morgan fingerprint density at radius 1 is 1.45 bits per heavy atom. The predicted molar refractivity (Wildman–Crippen MR) is 84.7 cm³/mol. The fraction of sp³-hybridized carbons (Fsp3) is 0.333. The maximum absolute atomic E-state index is 11.6. The van der Waals surface area contributed by atoms with Gasteiger partial charge in [0.15, 0.2) is 5.78 Å². The maximum atomic E-state index is 11.6. The number of hydrogen-bond donors (Lipinski definition) is 0. The second kappa shape index (κ2) is 6.50. The van der Waals surface area contributed by atoms with Crippen LogP contribution in [-0.2, 0) is 6.61 Å². The predicted octanol–water partition coefficient (Wildman–Crippen LogP) is 4.81. The number of carbonyl (C=O) groups is 1. The van der Waals surface area contributed by atoms with Gasteiger partial charge in [0, 0.05) is 15.8 Å². The first-order valence-electron chi connectivity index (χ1n) is 6.35. The Balaban J connectivity index is 2.12. The van der Waals surface area contributed by atoms with Crippen LogP contribution in [0.2, 0.25) is 0 Å². The van der Waals surface area contributed by atoms with E-state index in [1.54, 1.807) is 23.5 Å². The Kier molecular flexibility index (Phi) is 4.94. The third-order valence-electron chi connectivity index (χ3n) is 2.76. The van der Waals surface area contributed by atoms with Gasteiger partial charge in [0.25, 0.3) is 0 Å². The van der Waals surface area contributed by atoms with Crippen molar-refractivity contribution in [2.24, 2.45) is 0 Å². The fourth-order valence-electron chi connectivity index (χ4n) is 1.71. The highest BCUT2D eigenvalue weighted by molar-refractivity contribution is 9.10. The number of Topliss-reactive ketones (excluding diaryl/α,β-unsaturated/α-hetero) is 1. The van der Waals surface area contributed by atoms with Crippen molar-refractivity contribution >= 4 is 33.0 Å². The number of ketones is 1. The molecule has 2 aromatic rings. The number of nitrogens with zero attached hydrogens (tertiary/aromatic N) is 1. The molecular weight excluding hydrogens is 338 g/mol. The Morgan fingerprint density at radius 3 is 2.80 bits per heavy atom. The normalized spacial score (nSPS) is 10.8. The van der Waals surface area contributed by atoms with E-state index in [2.05, 4.69) is 34.8 Å². The number of hydrogen-bond acceptors (Lipinski definition) is 4. The summed E-state index contributed by atoms with van der Waals surface area (Å²) in [6.45, 7) is 6.15. The summed E-state index contributed by atoms with van der Waals surface area (Å²) in [5.41, 5.74) is 1.48. The van der Waals surface area contributed by atoms with Gasteiger partial charge in [-0.3, -0.25) is 4.79 Å². The highest BCUT2D eigenvalue weighted by atomic mass is 79.9. The summed E-state index contributed by atoms with van der Waals surface area (Å²) >= 11 is 5.00. The van der Waals surface area contributed by atoms with Gasteiger partial charge in [0.05, 0.1) is 16.3 Å². The first-order valence-corrected chi connectivity index (χ1v) is 8.02. The van der Waals surface area contributed by atoms with E-state index in [-0.39, 0.29) is 5.78 Å². The average molecular weight is 354 g/mol. The molecule has 20 heavy (non-hydrogen) atoms. The summed E-state index contributed by atoms with van der Waals surface area (Å²) in [5, 5.41) is 3.10. The molecule has 0 saturated heterocycles. The largest absolute Gasteiger partial charge is 0.487 e.